The van der Waals surface area contributed by atoms with Gasteiger partial charge in [-0.2, -0.15) is 4.31 Å². The minimum absolute atomic E-state index is 0.0233. The first kappa shape index (κ1) is 20.1. The lowest BCUT2D eigenvalue weighted by Gasteiger charge is -2.22. The number of carboxylic acids is 1. The minimum atomic E-state index is -3.78. The zero-order chi connectivity index (χ0) is 19.5. The van der Waals surface area contributed by atoms with Crippen LogP contribution in [0.5, 0.6) is 0 Å². The highest BCUT2D eigenvalue weighted by Crippen LogP contribution is 2.29. The van der Waals surface area contributed by atoms with Gasteiger partial charge in [0.05, 0.1) is 10.3 Å². The van der Waals surface area contributed by atoms with Crippen molar-refractivity contribution in [3.8, 4) is 0 Å². The average molecular weight is 387 g/mol. The van der Waals surface area contributed by atoms with E-state index in [2.05, 4.69) is 5.32 Å². The van der Waals surface area contributed by atoms with Crippen LogP contribution in [0, 0.1) is 11.2 Å². The van der Waals surface area contributed by atoms with Gasteiger partial charge in [-0.1, -0.05) is 0 Å². The molecule has 1 heterocycles. The highest BCUT2D eigenvalue weighted by atomic mass is 32.2. The lowest BCUT2D eigenvalue weighted by atomic mass is 9.90. The van der Waals surface area contributed by atoms with E-state index in [1.165, 1.54) is 24.1 Å². The van der Waals surface area contributed by atoms with Gasteiger partial charge in [-0.25, -0.2) is 17.6 Å². The molecule has 2 rings (SSSR count). The second-order valence-electron chi connectivity index (χ2n) is 6.55. The van der Waals surface area contributed by atoms with Crippen molar-refractivity contribution in [1.82, 2.24) is 14.5 Å². The molecule has 0 aromatic heterocycles. The predicted molar refractivity (Wildman–Crippen MR) is 91.5 cm³/mol. The first-order valence-corrected chi connectivity index (χ1v) is 9.48. The van der Waals surface area contributed by atoms with Crippen molar-refractivity contribution in [1.29, 1.82) is 0 Å². The SMILES string of the molecule is CN(CCNC(=O)N1CCC(C)(C(=O)O)C1)S(=O)(=O)c1ccc(F)cc1. The van der Waals surface area contributed by atoms with Crippen molar-refractivity contribution in [3.05, 3.63) is 30.1 Å². The highest BCUT2D eigenvalue weighted by molar-refractivity contribution is 7.89. The van der Waals surface area contributed by atoms with Crippen LogP contribution in [0.3, 0.4) is 0 Å². The maximum atomic E-state index is 12.9. The fraction of sp³-hybridized carbons (Fsp3) is 0.500. The van der Waals surface area contributed by atoms with E-state index in [1.54, 1.807) is 6.92 Å². The van der Waals surface area contributed by atoms with Crippen molar-refractivity contribution in [2.24, 2.45) is 5.41 Å². The van der Waals surface area contributed by atoms with Crippen molar-refractivity contribution < 1.29 is 27.5 Å². The molecule has 1 fully saturated rings. The van der Waals surface area contributed by atoms with Gasteiger partial charge in [0.25, 0.3) is 0 Å². The molecule has 0 aliphatic carbocycles. The first-order valence-electron chi connectivity index (χ1n) is 8.04. The number of benzene rings is 1. The largest absolute Gasteiger partial charge is 0.481 e. The number of nitrogens with one attached hydrogen (secondary N) is 1. The number of likely N-dealkylation sites (tertiary alicyclic amines) is 1. The second-order valence-corrected chi connectivity index (χ2v) is 8.59. The monoisotopic (exact) mass is 387 g/mol. The molecule has 2 amide bonds. The van der Waals surface area contributed by atoms with Crippen LogP contribution in [0.1, 0.15) is 13.3 Å². The molecule has 0 bridgehead atoms. The maximum Gasteiger partial charge on any atom is 0.317 e. The van der Waals surface area contributed by atoms with Crippen LogP contribution in [0.25, 0.3) is 0 Å². The average Bonchev–Trinajstić information content (AvgIpc) is 2.99. The van der Waals surface area contributed by atoms with E-state index in [0.717, 1.165) is 16.4 Å². The number of hydrogen-bond acceptors (Lipinski definition) is 4. The number of carbonyl (C=O) groups is 2. The lowest BCUT2D eigenvalue weighted by Crippen LogP contribution is -2.43. The number of halogens is 1. The Morgan fingerprint density at radius 1 is 1.35 bits per heavy atom. The summed E-state index contributed by atoms with van der Waals surface area (Å²) in [6, 6.07) is 4.06. The van der Waals surface area contributed by atoms with E-state index < -0.39 is 33.3 Å². The molecular formula is C16H22FN3O5S. The van der Waals surface area contributed by atoms with E-state index in [1.807, 2.05) is 0 Å². The summed E-state index contributed by atoms with van der Waals surface area (Å²) in [5, 5.41) is 11.8. The Morgan fingerprint density at radius 3 is 2.50 bits per heavy atom. The molecule has 2 N–H and O–H groups in total. The van der Waals surface area contributed by atoms with Crippen LogP contribution < -0.4 is 5.32 Å². The van der Waals surface area contributed by atoms with Crippen molar-refractivity contribution in [3.63, 3.8) is 0 Å². The zero-order valence-corrected chi connectivity index (χ0v) is 15.4. The summed E-state index contributed by atoms with van der Waals surface area (Å²) in [6.07, 6.45) is 0.370. The molecule has 1 aliphatic rings. The molecule has 1 saturated heterocycles. The summed E-state index contributed by atoms with van der Waals surface area (Å²) in [5.41, 5.74) is -0.958. The van der Waals surface area contributed by atoms with Gasteiger partial charge in [0.2, 0.25) is 10.0 Å². The summed E-state index contributed by atoms with van der Waals surface area (Å²) in [6.45, 7) is 2.12. The number of rotatable bonds is 6. The third-order valence-corrected chi connectivity index (χ3v) is 6.37. The van der Waals surface area contributed by atoms with Gasteiger partial charge in [-0.3, -0.25) is 4.79 Å². The molecule has 1 aromatic carbocycles. The van der Waals surface area contributed by atoms with Gasteiger partial charge in [0, 0.05) is 33.2 Å². The van der Waals surface area contributed by atoms with Gasteiger partial charge in [0.1, 0.15) is 5.82 Å². The third kappa shape index (κ3) is 4.31. The molecular weight excluding hydrogens is 365 g/mol. The molecule has 1 aromatic rings. The number of likely N-dealkylation sites (N-methyl/N-ethyl adjacent to an activating group) is 1. The van der Waals surface area contributed by atoms with Crippen LogP contribution in [-0.4, -0.2) is 68.0 Å². The van der Waals surface area contributed by atoms with Gasteiger partial charge in [-0.15, -0.1) is 0 Å². The summed E-state index contributed by atoms with van der Waals surface area (Å²) < 4.78 is 38.7. The zero-order valence-electron chi connectivity index (χ0n) is 14.6. The molecule has 1 atom stereocenters. The molecule has 10 heteroatoms. The Balaban J connectivity index is 1.86. The Hall–Kier alpha value is -2.20. The molecule has 8 nitrogen and oxygen atoms in total. The smallest absolute Gasteiger partial charge is 0.317 e. The quantitative estimate of drug-likeness (QED) is 0.756. The van der Waals surface area contributed by atoms with Crippen LogP contribution >= 0.6 is 0 Å². The summed E-state index contributed by atoms with van der Waals surface area (Å²) in [7, 11) is -2.42. The third-order valence-electron chi connectivity index (χ3n) is 4.50. The Bertz CT molecular complexity index is 784. The van der Waals surface area contributed by atoms with Crippen molar-refractivity contribution in [2.45, 2.75) is 18.2 Å². The number of aliphatic carboxylic acids is 1. The lowest BCUT2D eigenvalue weighted by molar-refractivity contribution is -0.147. The molecule has 144 valence electrons. The van der Waals surface area contributed by atoms with E-state index in [0.29, 0.717) is 13.0 Å². The number of urea groups is 1. The Labute approximate surface area is 151 Å². The molecule has 26 heavy (non-hydrogen) atoms. The number of hydrogen-bond donors (Lipinski definition) is 2. The normalized spacial score (nSPS) is 20.4. The summed E-state index contributed by atoms with van der Waals surface area (Å²) in [5.74, 6) is -1.48. The topological polar surface area (TPSA) is 107 Å². The first-order chi connectivity index (χ1) is 12.1. The van der Waals surface area contributed by atoms with Crippen molar-refractivity contribution >= 4 is 22.0 Å². The fourth-order valence-corrected chi connectivity index (χ4v) is 3.82. The fourth-order valence-electron chi connectivity index (χ4n) is 2.65. The van der Waals surface area contributed by atoms with Crippen LogP contribution in [0.15, 0.2) is 29.2 Å². The van der Waals surface area contributed by atoms with Crippen molar-refractivity contribution in [2.75, 3.05) is 33.2 Å². The van der Waals surface area contributed by atoms with Crippen LogP contribution in [-0.2, 0) is 14.8 Å². The van der Waals surface area contributed by atoms with Gasteiger partial charge in [-0.05, 0) is 37.6 Å². The maximum absolute atomic E-state index is 12.9. The van der Waals surface area contributed by atoms with Crippen LogP contribution in [0.2, 0.25) is 0 Å². The van der Waals surface area contributed by atoms with Gasteiger partial charge < -0.3 is 15.3 Å². The number of carboxylic acid groups (broad SMARTS) is 1. The number of sulfonamides is 1. The summed E-state index contributed by atoms with van der Waals surface area (Å²) in [4.78, 5) is 24.7. The second kappa shape index (κ2) is 7.58. The number of carbonyl (C=O) groups excluding carboxylic acids is 1. The Morgan fingerprint density at radius 2 is 1.96 bits per heavy atom. The van der Waals surface area contributed by atoms with E-state index >= 15 is 0 Å². The van der Waals surface area contributed by atoms with E-state index in [-0.39, 0.29) is 24.5 Å². The number of nitrogens with zero attached hydrogens (tertiary/aromatic N) is 2. The highest BCUT2D eigenvalue weighted by Gasteiger charge is 2.42. The Kier molecular flexibility index (Phi) is 5.87. The molecule has 0 radical (unpaired) electrons. The predicted octanol–water partition coefficient (Wildman–Crippen LogP) is 0.952. The van der Waals surface area contributed by atoms with E-state index in [4.69, 9.17) is 0 Å². The minimum Gasteiger partial charge on any atom is -0.481 e. The van der Waals surface area contributed by atoms with Gasteiger partial charge >= 0.3 is 12.0 Å². The molecule has 0 spiro atoms. The molecule has 0 saturated carbocycles. The van der Waals surface area contributed by atoms with Gasteiger partial charge in [0.15, 0.2) is 0 Å². The van der Waals surface area contributed by atoms with Crippen LogP contribution in [0.4, 0.5) is 9.18 Å². The summed E-state index contributed by atoms with van der Waals surface area (Å²) >= 11 is 0. The molecule has 1 unspecified atom stereocenters. The van der Waals surface area contributed by atoms with E-state index in [9.17, 15) is 27.5 Å². The number of amides is 2. The molecule has 1 aliphatic heterocycles. The standard InChI is InChI=1S/C16H22FN3O5S/c1-16(14(21)22)7-9-20(11-16)15(23)18-8-10-19(2)26(24,25)13-5-3-12(17)4-6-13/h3-6H,7-11H2,1-2H3,(H,18,23)(H,21,22).